The lowest BCUT2D eigenvalue weighted by Gasteiger charge is -2.12. The standard InChI is InChI=1S/C23H23N3O2S/c1-4-17-13-24-18(12-22(17)28-19-8-6-5-7-9-19)14-29(27)23-25-20-10-15(2)16(3)11-21(20)26-23/h5-13H,4,14H2,1-3H3,(H,25,26). The Labute approximate surface area is 173 Å². The summed E-state index contributed by atoms with van der Waals surface area (Å²) in [6.07, 6.45) is 2.61. The number of para-hydroxylation sites is 1. The molecule has 1 unspecified atom stereocenters. The van der Waals surface area contributed by atoms with Gasteiger partial charge in [-0.25, -0.2) is 0 Å². The van der Waals surface area contributed by atoms with Crippen molar-refractivity contribution in [3.05, 3.63) is 77.1 Å². The Balaban J connectivity index is 1.58. The van der Waals surface area contributed by atoms with Crippen molar-refractivity contribution in [2.75, 3.05) is 0 Å². The lowest BCUT2D eigenvalue weighted by Crippen LogP contribution is -2.09. The molecule has 0 bridgehead atoms. The van der Waals surface area contributed by atoms with E-state index in [0.717, 1.165) is 34.5 Å². The smallest absolute Gasteiger partial charge is 0.322 e. The number of hydrogen-bond donors (Lipinski definition) is 1. The summed E-state index contributed by atoms with van der Waals surface area (Å²) in [4.78, 5) is 12.2. The van der Waals surface area contributed by atoms with Gasteiger partial charge in [0.1, 0.15) is 11.5 Å². The van der Waals surface area contributed by atoms with Gasteiger partial charge in [-0.15, -0.1) is 0 Å². The van der Waals surface area contributed by atoms with E-state index < -0.39 is 11.2 Å². The van der Waals surface area contributed by atoms with Crippen molar-refractivity contribution in [3.8, 4) is 11.5 Å². The molecule has 0 fully saturated rings. The molecule has 0 radical (unpaired) electrons. The van der Waals surface area contributed by atoms with E-state index >= 15 is 0 Å². The Morgan fingerprint density at radius 3 is 2.59 bits per heavy atom. The molecule has 0 saturated carbocycles. The average Bonchev–Trinajstić information content (AvgIpc) is 3.12. The number of ether oxygens (including phenoxy) is 1. The minimum absolute atomic E-state index is 0.271. The maximum Gasteiger partial charge on any atom is 0.322 e. The second-order valence-electron chi connectivity index (χ2n) is 7.04. The molecule has 0 aliphatic heterocycles. The second-order valence-corrected chi connectivity index (χ2v) is 8.40. The number of nitrogens with zero attached hydrogens (tertiary/aromatic N) is 2. The molecule has 6 heteroatoms. The topological polar surface area (TPSA) is 73.9 Å². The zero-order valence-corrected chi connectivity index (χ0v) is 17.5. The van der Waals surface area contributed by atoms with Crippen LogP contribution in [0.4, 0.5) is 0 Å². The van der Waals surface area contributed by atoms with Crippen LogP contribution in [0.25, 0.3) is 11.0 Å². The van der Waals surface area contributed by atoms with E-state index in [1.54, 1.807) is 6.20 Å². The highest BCUT2D eigenvalue weighted by atomic mass is 32.2. The van der Waals surface area contributed by atoms with Gasteiger partial charge in [0.25, 0.3) is 0 Å². The van der Waals surface area contributed by atoms with Crippen LogP contribution in [0.1, 0.15) is 29.3 Å². The maximum absolute atomic E-state index is 12.9. The van der Waals surface area contributed by atoms with Crippen LogP contribution in [-0.2, 0) is 23.3 Å². The number of hydrogen-bond acceptors (Lipinski definition) is 4. The Hall–Kier alpha value is -2.83. The number of fused-ring (bicyclic) bond motifs is 1. The quantitative estimate of drug-likeness (QED) is 0.445. The summed E-state index contributed by atoms with van der Waals surface area (Å²) >= 11 is -1.33. The fourth-order valence-corrected chi connectivity index (χ4v) is 4.10. The first-order valence-corrected chi connectivity index (χ1v) is 10.9. The summed E-state index contributed by atoms with van der Waals surface area (Å²) in [7, 11) is 0. The van der Waals surface area contributed by atoms with E-state index in [0.29, 0.717) is 10.9 Å². The highest BCUT2D eigenvalue weighted by molar-refractivity contribution is 7.90. The van der Waals surface area contributed by atoms with Crippen molar-refractivity contribution in [2.45, 2.75) is 38.1 Å². The third-order valence-corrected chi connectivity index (χ3v) is 6.11. The van der Waals surface area contributed by atoms with Crippen LogP contribution in [0, 0.1) is 13.8 Å². The van der Waals surface area contributed by atoms with Crippen molar-refractivity contribution in [2.24, 2.45) is 0 Å². The number of benzene rings is 2. The summed E-state index contributed by atoms with van der Waals surface area (Å²) in [5, 5.41) is 0.469. The fraction of sp³-hybridized carbons (Fsp3) is 0.217. The number of H-pyrrole nitrogens is 1. The molecule has 2 aromatic carbocycles. The summed E-state index contributed by atoms with van der Waals surface area (Å²) in [6, 6.07) is 15.6. The predicted octanol–water partition coefficient (Wildman–Crippen LogP) is 5.24. The Morgan fingerprint density at radius 1 is 1.07 bits per heavy atom. The van der Waals surface area contributed by atoms with Gasteiger partial charge in [0.05, 0.1) is 16.7 Å². The Bertz CT molecular complexity index is 1100. The van der Waals surface area contributed by atoms with E-state index in [4.69, 9.17) is 4.74 Å². The van der Waals surface area contributed by atoms with Gasteiger partial charge in [-0.1, -0.05) is 25.1 Å². The number of aromatic nitrogens is 3. The number of rotatable bonds is 6. The van der Waals surface area contributed by atoms with Gasteiger partial charge in [0.15, 0.2) is 5.75 Å². The van der Waals surface area contributed by atoms with Crippen LogP contribution in [0.5, 0.6) is 11.5 Å². The van der Waals surface area contributed by atoms with Crippen LogP contribution in [-0.4, -0.2) is 19.5 Å². The van der Waals surface area contributed by atoms with Crippen molar-refractivity contribution in [1.82, 2.24) is 15.0 Å². The third kappa shape index (κ3) is 4.28. The molecule has 2 aromatic heterocycles. The average molecular weight is 406 g/mol. The number of imidazole rings is 1. The van der Waals surface area contributed by atoms with Crippen molar-refractivity contribution < 1.29 is 9.29 Å². The molecule has 1 atom stereocenters. The van der Waals surface area contributed by atoms with E-state index in [2.05, 4.69) is 28.8 Å². The van der Waals surface area contributed by atoms with Crippen LogP contribution in [0.15, 0.2) is 59.9 Å². The van der Waals surface area contributed by atoms with Gasteiger partial charge < -0.3 is 9.29 Å². The van der Waals surface area contributed by atoms with Crippen molar-refractivity contribution in [1.29, 1.82) is 0 Å². The first kappa shape index (κ1) is 19.5. The van der Waals surface area contributed by atoms with Gasteiger partial charge >= 0.3 is 5.16 Å². The zero-order valence-electron chi connectivity index (χ0n) is 16.7. The van der Waals surface area contributed by atoms with Crippen LogP contribution >= 0.6 is 0 Å². The van der Waals surface area contributed by atoms with E-state index in [1.165, 1.54) is 11.1 Å². The molecular weight excluding hydrogens is 382 g/mol. The largest absolute Gasteiger partial charge is 0.609 e. The van der Waals surface area contributed by atoms with Gasteiger partial charge in [-0.2, -0.15) is 4.98 Å². The molecule has 0 aliphatic rings. The summed E-state index contributed by atoms with van der Waals surface area (Å²) in [5.41, 5.74) is 5.80. The minimum atomic E-state index is -1.33. The number of nitrogens with one attached hydrogen (secondary N) is 1. The van der Waals surface area contributed by atoms with Crippen molar-refractivity contribution in [3.63, 3.8) is 0 Å². The first-order valence-electron chi connectivity index (χ1n) is 9.59. The monoisotopic (exact) mass is 405 g/mol. The molecule has 4 aromatic rings. The SMILES string of the molecule is CCc1cnc(C[S+]([O-])c2nc3cc(C)c(C)cc3[nH]2)cc1Oc1ccccc1. The lowest BCUT2D eigenvalue weighted by atomic mass is 10.1. The van der Waals surface area contributed by atoms with Gasteiger partial charge in [0.2, 0.25) is 0 Å². The van der Waals surface area contributed by atoms with Crippen LogP contribution < -0.4 is 4.74 Å². The molecule has 0 spiro atoms. The minimum Gasteiger partial charge on any atom is -0.609 e. The first-order chi connectivity index (χ1) is 14.0. The van der Waals surface area contributed by atoms with Crippen molar-refractivity contribution >= 4 is 22.2 Å². The highest BCUT2D eigenvalue weighted by Gasteiger charge is 2.19. The van der Waals surface area contributed by atoms with Crippen LogP contribution in [0.2, 0.25) is 0 Å². The van der Waals surface area contributed by atoms with Gasteiger partial charge in [-0.3, -0.25) is 9.97 Å². The maximum atomic E-state index is 12.9. The van der Waals surface area contributed by atoms with E-state index in [9.17, 15) is 4.55 Å². The zero-order chi connectivity index (χ0) is 20.4. The molecular formula is C23H23N3O2S. The summed E-state index contributed by atoms with van der Waals surface area (Å²) in [6.45, 7) is 6.17. The fourth-order valence-electron chi connectivity index (χ4n) is 3.12. The molecule has 1 N–H and O–H groups in total. The molecule has 148 valence electrons. The third-order valence-electron chi connectivity index (χ3n) is 4.92. The molecule has 0 amide bonds. The normalized spacial score (nSPS) is 12.3. The molecule has 0 saturated heterocycles. The number of aryl methyl sites for hydroxylation is 3. The second kappa shape index (κ2) is 8.27. The lowest BCUT2D eigenvalue weighted by molar-refractivity contribution is 0.475. The summed E-state index contributed by atoms with van der Waals surface area (Å²) < 4.78 is 19.0. The van der Waals surface area contributed by atoms with Gasteiger partial charge in [0, 0.05) is 29.0 Å². The van der Waals surface area contributed by atoms with Gasteiger partial charge in [-0.05, 0) is 55.7 Å². The highest BCUT2D eigenvalue weighted by Crippen LogP contribution is 2.27. The number of aromatic amines is 1. The predicted molar refractivity (Wildman–Crippen MR) is 116 cm³/mol. The van der Waals surface area contributed by atoms with E-state index in [-0.39, 0.29) is 5.75 Å². The molecule has 0 aliphatic carbocycles. The Kier molecular flexibility index (Phi) is 5.56. The summed E-state index contributed by atoms with van der Waals surface area (Å²) in [5.74, 6) is 1.78. The molecule has 29 heavy (non-hydrogen) atoms. The molecule has 4 rings (SSSR count). The Morgan fingerprint density at radius 2 is 1.83 bits per heavy atom. The molecule has 2 heterocycles. The van der Waals surface area contributed by atoms with E-state index in [1.807, 2.05) is 55.5 Å². The van der Waals surface area contributed by atoms with Crippen LogP contribution in [0.3, 0.4) is 0 Å². The number of pyridine rings is 1. The molecule has 5 nitrogen and oxygen atoms in total.